The predicted octanol–water partition coefficient (Wildman–Crippen LogP) is 4.42. The largest absolute Gasteiger partial charge is 0.466 e. The van der Waals surface area contributed by atoms with Gasteiger partial charge in [0.05, 0.1) is 18.6 Å². The van der Waals surface area contributed by atoms with Crippen LogP contribution >= 0.6 is 0 Å². The van der Waals surface area contributed by atoms with E-state index in [1.165, 1.54) is 0 Å². The van der Waals surface area contributed by atoms with E-state index in [9.17, 15) is 14.9 Å². The van der Waals surface area contributed by atoms with Crippen molar-refractivity contribution in [2.45, 2.75) is 20.3 Å². The number of fused-ring (bicyclic) bond motifs is 1. The second kappa shape index (κ2) is 6.76. The van der Waals surface area contributed by atoms with E-state index in [1.807, 2.05) is 36.4 Å². The van der Waals surface area contributed by atoms with Gasteiger partial charge in [-0.2, -0.15) is 0 Å². The number of benzene rings is 2. The van der Waals surface area contributed by atoms with Crippen LogP contribution in [0.5, 0.6) is 0 Å². The van der Waals surface area contributed by atoms with Gasteiger partial charge in [0.25, 0.3) is 0 Å². The molecule has 0 saturated heterocycles. The molecule has 2 aromatic carbocycles. The molecule has 0 aliphatic heterocycles. The Labute approximate surface area is 144 Å². The predicted molar refractivity (Wildman–Crippen MR) is 93.4 cm³/mol. The van der Waals surface area contributed by atoms with Crippen LogP contribution < -0.4 is 0 Å². The van der Waals surface area contributed by atoms with Crippen LogP contribution in [-0.2, 0) is 16.0 Å². The first kappa shape index (κ1) is 16.7. The van der Waals surface area contributed by atoms with Crippen molar-refractivity contribution in [3.05, 3.63) is 63.7 Å². The lowest BCUT2D eigenvalue weighted by atomic mass is 10.0. The van der Waals surface area contributed by atoms with Crippen LogP contribution in [0.1, 0.15) is 18.1 Å². The van der Waals surface area contributed by atoms with Crippen LogP contribution in [0.15, 0.2) is 46.9 Å². The van der Waals surface area contributed by atoms with Gasteiger partial charge in [0.2, 0.25) is 0 Å². The molecule has 0 amide bonds. The summed E-state index contributed by atoms with van der Waals surface area (Å²) in [6.07, 6.45) is 0.236. The SMILES string of the molecule is CCOC(=O)Cc1ccc(-c2ccc3oc([N+](=O)[O-])c(C)c3c2)cc1. The molecule has 0 fully saturated rings. The number of nitrogens with zero attached hydrogens (tertiary/aromatic N) is 1. The monoisotopic (exact) mass is 339 g/mol. The summed E-state index contributed by atoms with van der Waals surface area (Å²) in [5.41, 5.74) is 3.76. The summed E-state index contributed by atoms with van der Waals surface area (Å²) in [6, 6.07) is 13.1. The summed E-state index contributed by atoms with van der Waals surface area (Å²) < 4.78 is 10.2. The Morgan fingerprint density at radius 3 is 2.48 bits per heavy atom. The van der Waals surface area contributed by atoms with Gasteiger partial charge in [-0.15, -0.1) is 0 Å². The van der Waals surface area contributed by atoms with Crippen molar-refractivity contribution < 1.29 is 18.9 Å². The maximum Gasteiger partial charge on any atom is 0.437 e. The third-order valence-electron chi connectivity index (χ3n) is 4.02. The highest BCUT2D eigenvalue weighted by atomic mass is 16.6. The standard InChI is InChI=1S/C19H17NO5/c1-3-24-18(21)10-13-4-6-14(7-5-13)15-8-9-17-16(11-15)12(2)19(25-17)20(22)23/h4-9,11H,3,10H2,1-2H3. The third-order valence-corrected chi connectivity index (χ3v) is 4.02. The number of carbonyl (C=O) groups is 1. The van der Waals surface area contributed by atoms with Crippen molar-refractivity contribution in [1.82, 2.24) is 0 Å². The molecule has 0 bridgehead atoms. The van der Waals surface area contributed by atoms with Crippen molar-refractivity contribution in [1.29, 1.82) is 0 Å². The van der Waals surface area contributed by atoms with Gasteiger partial charge in [0.1, 0.15) is 10.5 Å². The quantitative estimate of drug-likeness (QED) is 0.390. The van der Waals surface area contributed by atoms with E-state index in [2.05, 4.69) is 0 Å². The van der Waals surface area contributed by atoms with Crippen molar-refractivity contribution in [3.8, 4) is 11.1 Å². The average Bonchev–Trinajstić information content (AvgIpc) is 2.92. The molecule has 0 unspecified atom stereocenters. The van der Waals surface area contributed by atoms with Crippen molar-refractivity contribution in [2.24, 2.45) is 0 Å². The lowest BCUT2D eigenvalue weighted by Crippen LogP contribution is -2.07. The fraction of sp³-hybridized carbons (Fsp3) is 0.211. The molecule has 1 heterocycles. The van der Waals surface area contributed by atoms with E-state index < -0.39 is 4.92 Å². The molecule has 0 N–H and O–H groups in total. The van der Waals surface area contributed by atoms with Gasteiger partial charge < -0.3 is 9.15 Å². The lowest BCUT2D eigenvalue weighted by Gasteiger charge is -2.05. The van der Waals surface area contributed by atoms with Crippen LogP contribution in [0, 0.1) is 17.0 Å². The minimum Gasteiger partial charge on any atom is -0.466 e. The number of nitro groups is 1. The highest BCUT2D eigenvalue weighted by Gasteiger charge is 2.20. The van der Waals surface area contributed by atoms with Gasteiger partial charge in [-0.3, -0.25) is 14.9 Å². The molecule has 0 aliphatic carbocycles. The molecule has 0 radical (unpaired) electrons. The van der Waals surface area contributed by atoms with Crippen molar-refractivity contribution >= 4 is 22.8 Å². The number of hydrogen-bond donors (Lipinski definition) is 0. The third kappa shape index (κ3) is 3.38. The molecule has 128 valence electrons. The summed E-state index contributed by atoms with van der Waals surface area (Å²) in [5, 5.41) is 11.7. The Morgan fingerprint density at radius 1 is 1.16 bits per heavy atom. The summed E-state index contributed by atoms with van der Waals surface area (Å²) in [4.78, 5) is 22.0. The molecular weight excluding hydrogens is 322 g/mol. The van der Waals surface area contributed by atoms with E-state index >= 15 is 0 Å². The molecule has 1 aromatic heterocycles. The molecule has 3 aromatic rings. The molecular formula is C19H17NO5. The first-order valence-electron chi connectivity index (χ1n) is 7.92. The van der Waals surface area contributed by atoms with Gasteiger partial charge in [-0.05, 0) is 42.7 Å². The Kier molecular flexibility index (Phi) is 4.52. The number of furan rings is 1. The maximum absolute atomic E-state index is 11.5. The summed E-state index contributed by atoms with van der Waals surface area (Å²) in [5.74, 6) is -0.477. The first-order chi connectivity index (χ1) is 12.0. The first-order valence-corrected chi connectivity index (χ1v) is 7.92. The molecule has 0 spiro atoms. The zero-order chi connectivity index (χ0) is 18.0. The zero-order valence-electron chi connectivity index (χ0n) is 13.9. The fourth-order valence-corrected chi connectivity index (χ4v) is 2.76. The minimum absolute atomic E-state index is 0.225. The summed E-state index contributed by atoms with van der Waals surface area (Å²) >= 11 is 0. The van der Waals surface area contributed by atoms with Crippen LogP contribution in [0.4, 0.5) is 5.88 Å². The molecule has 0 atom stereocenters. The smallest absolute Gasteiger partial charge is 0.437 e. The molecule has 6 nitrogen and oxygen atoms in total. The molecule has 25 heavy (non-hydrogen) atoms. The Balaban J connectivity index is 1.90. The van der Waals surface area contributed by atoms with E-state index in [1.54, 1.807) is 19.9 Å². The van der Waals surface area contributed by atoms with Gasteiger partial charge in [0.15, 0.2) is 0 Å². The number of hydrogen-bond acceptors (Lipinski definition) is 5. The van der Waals surface area contributed by atoms with Crippen LogP contribution in [0.25, 0.3) is 22.1 Å². The van der Waals surface area contributed by atoms with Crippen molar-refractivity contribution in [3.63, 3.8) is 0 Å². The van der Waals surface area contributed by atoms with E-state index in [4.69, 9.17) is 9.15 Å². The summed E-state index contributed by atoms with van der Waals surface area (Å²) in [6.45, 7) is 3.82. The van der Waals surface area contributed by atoms with Crippen molar-refractivity contribution in [2.75, 3.05) is 6.61 Å². The Bertz CT molecular complexity index is 940. The van der Waals surface area contributed by atoms with Gasteiger partial charge in [-0.25, -0.2) is 0 Å². The number of rotatable bonds is 5. The van der Waals surface area contributed by atoms with Crippen LogP contribution in [0.3, 0.4) is 0 Å². The lowest BCUT2D eigenvalue weighted by molar-refractivity contribution is -0.402. The highest BCUT2D eigenvalue weighted by molar-refractivity contribution is 5.88. The van der Waals surface area contributed by atoms with Gasteiger partial charge in [0, 0.05) is 5.39 Å². The van der Waals surface area contributed by atoms with Crippen LogP contribution in [-0.4, -0.2) is 17.5 Å². The maximum atomic E-state index is 11.5. The summed E-state index contributed by atoms with van der Waals surface area (Å²) in [7, 11) is 0. The van der Waals surface area contributed by atoms with Crippen LogP contribution in [0.2, 0.25) is 0 Å². The molecule has 6 heteroatoms. The number of carbonyl (C=O) groups excluding carboxylic acids is 1. The van der Waals surface area contributed by atoms with E-state index in [0.717, 1.165) is 22.1 Å². The zero-order valence-corrected chi connectivity index (χ0v) is 13.9. The number of esters is 1. The second-order valence-electron chi connectivity index (χ2n) is 5.68. The van der Waals surface area contributed by atoms with Gasteiger partial charge >= 0.3 is 11.9 Å². The van der Waals surface area contributed by atoms with E-state index in [-0.39, 0.29) is 18.3 Å². The van der Waals surface area contributed by atoms with E-state index in [0.29, 0.717) is 17.8 Å². The molecule has 0 aliphatic rings. The van der Waals surface area contributed by atoms with Gasteiger partial charge in [-0.1, -0.05) is 30.3 Å². The Hall–Kier alpha value is -3.15. The molecule has 3 rings (SSSR count). The molecule has 0 saturated carbocycles. The minimum atomic E-state index is -0.515. The normalized spacial score (nSPS) is 10.8. The second-order valence-corrected chi connectivity index (χ2v) is 5.68. The fourth-order valence-electron chi connectivity index (χ4n) is 2.76. The topological polar surface area (TPSA) is 82.6 Å². The number of ether oxygens (including phenoxy) is 1. The number of aryl methyl sites for hydroxylation is 1. The Morgan fingerprint density at radius 2 is 1.84 bits per heavy atom. The average molecular weight is 339 g/mol. The highest BCUT2D eigenvalue weighted by Crippen LogP contribution is 2.33.